The van der Waals surface area contributed by atoms with Gasteiger partial charge in [0.25, 0.3) is 0 Å². The third-order valence-electron chi connectivity index (χ3n) is 2.22. The minimum absolute atomic E-state index is 0.255. The van der Waals surface area contributed by atoms with E-state index in [1.807, 2.05) is 31.2 Å². The van der Waals surface area contributed by atoms with E-state index in [9.17, 15) is 9.90 Å². The van der Waals surface area contributed by atoms with Crippen molar-refractivity contribution in [2.24, 2.45) is 0 Å². The second-order valence-electron chi connectivity index (χ2n) is 3.55. The number of rotatable bonds is 6. The van der Waals surface area contributed by atoms with Gasteiger partial charge >= 0.3 is 5.97 Å². The van der Waals surface area contributed by atoms with E-state index in [2.05, 4.69) is 0 Å². The molecular weight excluding hydrogens is 220 g/mol. The first-order valence-corrected chi connectivity index (χ1v) is 5.73. The van der Waals surface area contributed by atoms with Crippen molar-refractivity contribution in [3.8, 4) is 5.75 Å². The third kappa shape index (κ3) is 4.44. The fourth-order valence-electron chi connectivity index (χ4n) is 1.43. The fraction of sp³-hybridized carbons (Fsp3) is 0.462. The maximum atomic E-state index is 11.2. The zero-order valence-electron chi connectivity index (χ0n) is 10.2. The molecule has 0 aliphatic carbocycles. The van der Waals surface area contributed by atoms with Crippen LogP contribution in [-0.2, 0) is 16.0 Å². The molecule has 0 aliphatic rings. The summed E-state index contributed by atoms with van der Waals surface area (Å²) in [7, 11) is 0. The van der Waals surface area contributed by atoms with Crippen LogP contribution in [0, 0.1) is 0 Å². The van der Waals surface area contributed by atoms with Crippen LogP contribution in [0.2, 0.25) is 0 Å². The Balaban J connectivity index is 2.53. The quantitative estimate of drug-likeness (QED) is 0.764. The van der Waals surface area contributed by atoms with Gasteiger partial charge in [-0.1, -0.05) is 12.1 Å². The number of carbonyl (C=O) groups is 1. The number of aliphatic hydroxyl groups excluding tert-OH is 1. The number of carbonyl (C=O) groups excluding carboxylic acids is 1. The van der Waals surface area contributed by atoms with Gasteiger partial charge in [-0.25, -0.2) is 4.79 Å². The standard InChI is InChI=1S/C13H18O4/c1-3-16-11-7-5-10(6-8-11)9-12(14)13(15)17-4-2/h5-8,12,14H,3-4,9H2,1-2H3. The summed E-state index contributed by atoms with van der Waals surface area (Å²) in [4.78, 5) is 11.2. The minimum atomic E-state index is -1.10. The molecule has 1 rings (SSSR count). The lowest BCUT2D eigenvalue weighted by Crippen LogP contribution is -2.25. The van der Waals surface area contributed by atoms with E-state index in [-0.39, 0.29) is 13.0 Å². The molecule has 0 fully saturated rings. The molecule has 1 N–H and O–H groups in total. The van der Waals surface area contributed by atoms with Crippen LogP contribution in [-0.4, -0.2) is 30.4 Å². The Kier molecular flexibility index (Phi) is 5.49. The van der Waals surface area contributed by atoms with E-state index in [1.54, 1.807) is 6.92 Å². The molecule has 17 heavy (non-hydrogen) atoms. The molecule has 94 valence electrons. The molecule has 0 aromatic heterocycles. The van der Waals surface area contributed by atoms with Gasteiger partial charge in [-0.15, -0.1) is 0 Å². The van der Waals surface area contributed by atoms with Crippen molar-refractivity contribution in [2.75, 3.05) is 13.2 Å². The highest BCUT2D eigenvalue weighted by Gasteiger charge is 2.16. The lowest BCUT2D eigenvalue weighted by molar-refractivity contribution is -0.152. The second-order valence-corrected chi connectivity index (χ2v) is 3.55. The second kappa shape index (κ2) is 6.91. The molecule has 0 radical (unpaired) electrons. The maximum Gasteiger partial charge on any atom is 0.335 e. The molecule has 1 unspecified atom stereocenters. The van der Waals surface area contributed by atoms with Gasteiger partial charge in [0.1, 0.15) is 5.75 Å². The molecule has 0 heterocycles. The highest BCUT2D eigenvalue weighted by molar-refractivity contribution is 5.74. The van der Waals surface area contributed by atoms with E-state index in [4.69, 9.17) is 9.47 Å². The van der Waals surface area contributed by atoms with E-state index in [1.165, 1.54) is 0 Å². The lowest BCUT2D eigenvalue weighted by atomic mass is 10.1. The number of ether oxygens (including phenoxy) is 2. The summed E-state index contributed by atoms with van der Waals surface area (Å²) < 4.78 is 10.0. The van der Waals surface area contributed by atoms with Gasteiger partial charge in [0.05, 0.1) is 13.2 Å². The highest BCUT2D eigenvalue weighted by atomic mass is 16.5. The SMILES string of the molecule is CCOC(=O)C(O)Cc1ccc(OCC)cc1. The summed E-state index contributed by atoms with van der Waals surface area (Å²) in [6, 6.07) is 7.29. The smallest absolute Gasteiger partial charge is 0.335 e. The largest absolute Gasteiger partial charge is 0.494 e. The first kappa shape index (κ1) is 13.5. The number of esters is 1. The Hall–Kier alpha value is -1.55. The van der Waals surface area contributed by atoms with Gasteiger partial charge in [0.2, 0.25) is 0 Å². The van der Waals surface area contributed by atoms with Crippen molar-refractivity contribution < 1.29 is 19.4 Å². The van der Waals surface area contributed by atoms with Crippen molar-refractivity contribution >= 4 is 5.97 Å². The Labute approximate surface area is 101 Å². The van der Waals surface area contributed by atoms with Crippen molar-refractivity contribution in [3.63, 3.8) is 0 Å². The van der Waals surface area contributed by atoms with Crippen molar-refractivity contribution in [3.05, 3.63) is 29.8 Å². The van der Waals surface area contributed by atoms with Crippen LogP contribution in [0.15, 0.2) is 24.3 Å². The molecular formula is C13H18O4. The van der Waals surface area contributed by atoms with Crippen LogP contribution in [0.5, 0.6) is 5.75 Å². The number of benzene rings is 1. The highest BCUT2D eigenvalue weighted by Crippen LogP contribution is 2.13. The van der Waals surface area contributed by atoms with E-state index in [0.29, 0.717) is 6.61 Å². The number of aliphatic hydroxyl groups is 1. The zero-order chi connectivity index (χ0) is 12.7. The van der Waals surface area contributed by atoms with Crippen molar-refractivity contribution in [1.82, 2.24) is 0 Å². The van der Waals surface area contributed by atoms with Crippen LogP contribution in [0.3, 0.4) is 0 Å². The monoisotopic (exact) mass is 238 g/mol. The van der Waals surface area contributed by atoms with Crippen LogP contribution in [0.4, 0.5) is 0 Å². The Morgan fingerprint density at radius 2 is 1.88 bits per heavy atom. The Bertz CT molecular complexity index is 345. The van der Waals surface area contributed by atoms with Gasteiger partial charge in [-0.3, -0.25) is 0 Å². The number of hydrogen-bond acceptors (Lipinski definition) is 4. The summed E-state index contributed by atoms with van der Waals surface area (Å²) in [5.41, 5.74) is 0.869. The molecule has 0 saturated carbocycles. The Morgan fingerprint density at radius 1 is 1.24 bits per heavy atom. The molecule has 1 atom stereocenters. The molecule has 0 saturated heterocycles. The van der Waals surface area contributed by atoms with Crippen LogP contribution in [0.25, 0.3) is 0 Å². The third-order valence-corrected chi connectivity index (χ3v) is 2.22. The van der Waals surface area contributed by atoms with Gasteiger partial charge in [-0.2, -0.15) is 0 Å². The number of hydrogen-bond donors (Lipinski definition) is 1. The fourth-order valence-corrected chi connectivity index (χ4v) is 1.43. The van der Waals surface area contributed by atoms with E-state index >= 15 is 0 Å². The van der Waals surface area contributed by atoms with Crippen LogP contribution >= 0.6 is 0 Å². The molecule has 0 bridgehead atoms. The topological polar surface area (TPSA) is 55.8 Å². The van der Waals surface area contributed by atoms with Crippen LogP contribution < -0.4 is 4.74 Å². The Morgan fingerprint density at radius 3 is 2.41 bits per heavy atom. The summed E-state index contributed by atoms with van der Waals surface area (Å²) in [5.74, 6) is 0.197. The summed E-state index contributed by atoms with van der Waals surface area (Å²) in [6.45, 7) is 4.52. The average molecular weight is 238 g/mol. The van der Waals surface area contributed by atoms with Gasteiger partial charge in [0.15, 0.2) is 6.10 Å². The lowest BCUT2D eigenvalue weighted by Gasteiger charge is -2.10. The van der Waals surface area contributed by atoms with Gasteiger partial charge in [-0.05, 0) is 31.5 Å². The van der Waals surface area contributed by atoms with Crippen molar-refractivity contribution in [1.29, 1.82) is 0 Å². The van der Waals surface area contributed by atoms with Crippen LogP contribution in [0.1, 0.15) is 19.4 Å². The summed E-state index contributed by atoms with van der Waals surface area (Å²) in [6.07, 6.45) is -0.849. The predicted molar refractivity (Wildman–Crippen MR) is 64.0 cm³/mol. The van der Waals surface area contributed by atoms with Gasteiger partial charge < -0.3 is 14.6 Å². The summed E-state index contributed by atoms with van der Waals surface area (Å²) in [5, 5.41) is 9.57. The normalized spacial score (nSPS) is 11.9. The van der Waals surface area contributed by atoms with Crippen molar-refractivity contribution in [2.45, 2.75) is 26.4 Å². The first-order valence-electron chi connectivity index (χ1n) is 5.73. The molecule has 0 aliphatic heterocycles. The molecule has 4 nitrogen and oxygen atoms in total. The zero-order valence-corrected chi connectivity index (χ0v) is 10.2. The molecule has 4 heteroatoms. The molecule has 0 amide bonds. The molecule has 0 spiro atoms. The van der Waals surface area contributed by atoms with E-state index < -0.39 is 12.1 Å². The minimum Gasteiger partial charge on any atom is -0.494 e. The predicted octanol–water partition coefficient (Wildman–Crippen LogP) is 1.55. The maximum absolute atomic E-state index is 11.2. The first-order chi connectivity index (χ1) is 8.17. The van der Waals surface area contributed by atoms with Gasteiger partial charge in [0, 0.05) is 6.42 Å². The molecule has 1 aromatic carbocycles. The molecule has 1 aromatic rings. The summed E-state index contributed by atoms with van der Waals surface area (Å²) >= 11 is 0. The average Bonchev–Trinajstić information content (AvgIpc) is 2.32. The van der Waals surface area contributed by atoms with E-state index in [0.717, 1.165) is 11.3 Å².